The van der Waals surface area contributed by atoms with E-state index in [2.05, 4.69) is 16.3 Å². The minimum absolute atomic E-state index is 0.0848. The second-order valence-corrected chi connectivity index (χ2v) is 4.22. The molecule has 1 aliphatic rings. The number of carbonyl (C=O) groups excluding carboxylic acids is 1. The number of carbonyl (C=O) groups is 1. The van der Waals surface area contributed by atoms with Crippen LogP contribution in [0.1, 0.15) is 19.8 Å². The number of likely N-dealkylation sites (tertiary alicyclic amines) is 1. The molecule has 0 aromatic carbocycles. The van der Waals surface area contributed by atoms with Crippen LogP contribution in [0.2, 0.25) is 0 Å². The molecule has 4 heteroatoms. The Bertz CT molecular complexity index is 251. The molecular formula is C11H19N3O. The van der Waals surface area contributed by atoms with E-state index < -0.39 is 0 Å². The highest BCUT2D eigenvalue weighted by Gasteiger charge is 2.24. The van der Waals surface area contributed by atoms with Crippen molar-refractivity contribution in [2.45, 2.75) is 19.8 Å². The van der Waals surface area contributed by atoms with E-state index in [1.165, 1.54) is 0 Å². The van der Waals surface area contributed by atoms with Crippen molar-refractivity contribution in [2.75, 3.05) is 26.7 Å². The van der Waals surface area contributed by atoms with Crippen LogP contribution < -0.4 is 5.32 Å². The topological polar surface area (TPSA) is 56.1 Å². The van der Waals surface area contributed by atoms with Crippen LogP contribution >= 0.6 is 0 Å². The first kappa shape index (κ1) is 12.0. The van der Waals surface area contributed by atoms with Gasteiger partial charge in [0.15, 0.2) is 0 Å². The van der Waals surface area contributed by atoms with Crippen LogP contribution in [-0.4, -0.2) is 37.5 Å². The smallest absolute Gasteiger partial charge is 0.222 e. The molecule has 1 heterocycles. The van der Waals surface area contributed by atoms with Gasteiger partial charge in [0.25, 0.3) is 0 Å². The number of nitrogens with one attached hydrogen (secondary N) is 1. The molecule has 1 unspecified atom stereocenters. The van der Waals surface area contributed by atoms with Crippen molar-refractivity contribution in [1.29, 1.82) is 5.26 Å². The molecule has 0 aliphatic carbocycles. The molecule has 0 spiro atoms. The minimum atomic E-state index is 0.0848. The molecule has 1 aliphatic heterocycles. The summed E-state index contributed by atoms with van der Waals surface area (Å²) in [6, 6.07) is 2.24. The van der Waals surface area contributed by atoms with Crippen LogP contribution in [0.5, 0.6) is 0 Å². The van der Waals surface area contributed by atoms with Crippen LogP contribution in [0.4, 0.5) is 0 Å². The van der Waals surface area contributed by atoms with Crippen molar-refractivity contribution in [3.05, 3.63) is 0 Å². The SMILES string of the molecule is CNC(=O)C1CCN(CC(C)C#N)CC1. The molecular weight excluding hydrogens is 190 g/mol. The van der Waals surface area contributed by atoms with Crippen LogP contribution in [-0.2, 0) is 4.79 Å². The van der Waals surface area contributed by atoms with Gasteiger partial charge >= 0.3 is 0 Å². The Kier molecular flexibility index (Phi) is 4.57. The van der Waals surface area contributed by atoms with Gasteiger partial charge in [-0.2, -0.15) is 5.26 Å². The van der Waals surface area contributed by atoms with Crippen molar-refractivity contribution in [2.24, 2.45) is 11.8 Å². The fourth-order valence-electron chi connectivity index (χ4n) is 2.01. The summed E-state index contributed by atoms with van der Waals surface area (Å²) in [4.78, 5) is 13.6. The fourth-order valence-corrected chi connectivity index (χ4v) is 2.01. The van der Waals surface area contributed by atoms with Gasteiger partial charge in [0.2, 0.25) is 5.91 Å². The largest absolute Gasteiger partial charge is 0.359 e. The number of nitrogens with zero attached hydrogens (tertiary/aromatic N) is 2. The predicted molar refractivity (Wildman–Crippen MR) is 58.0 cm³/mol. The third kappa shape index (κ3) is 3.52. The average molecular weight is 209 g/mol. The highest BCUT2D eigenvalue weighted by molar-refractivity contribution is 5.78. The Balaban J connectivity index is 2.30. The third-order valence-corrected chi connectivity index (χ3v) is 2.96. The Labute approximate surface area is 91.2 Å². The first-order chi connectivity index (χ1) is 7.17. The Morgan fingerprint density at radius 1 is 1.60 bits per heavy atom. The number of hydrogen-bond acceptors (Lipinski definition) is 3. The molecule has 4 nitrogen and oxygen atoms in total. The van der Waals surface area contributed by atoms with Gasteiger partial charge in [-0.3, -0.25) is 4.79 Å². The summed E-state index contributed by atoms with van der Waals surface area (Å²) in [5.74, 6) is 0.410. The molecule has 84 valence electrons. The lowest BCUT2D eigenvalue weighted by molar-refractivity contribution is -0.125. The molecule has 1 atom stereocenters. The van der Waals surface area contributed by atoms with Gasteiger partial charge in [0, 0.05) is 19.5 Å². The van der Waals surface area contributed by atoms with Gasteiger partial charge in [0.1, 0.15) is 0 Å². The van der Waals surface area contributed by atoms with Crippen LogP contribution in [0.3, 0.4) is 0 Å². The normalized spacial score (nSPS) is 20.6. The first-order valence-corrected chi connectivity index (χ1v) is 5.51. The molecule has 0 aromatic heterocycles. The van der Waals surface area contributed by atoms with Gasteiger partial charge in [-0.1, -0.05) is 0 Å². The fraction of sp³-hybridized carbons (Fsp3) is 0.818. The molecule has 1 N–H and O–H groups in total. The average Bonchev–Trinajstić information content (AvgIpc) is 2.29. The third-order valence-electron chi connectivity index (χ3n) is 2.96. The van der Waals surface area contributed by atoms with E-state index in [9.17, 15) is 4.79 Å². The summed E-state index contributed by atoms with van der Waals surface area (Å²) in [6.07, 6.45) is 1.83. The molecule has 0 radical (unpaired) electrons. The zero-order chi connectivity index (χ0) is 11.3. The molecule has 1 fully saturated rings. The maximum atomic E-state index is 11.4. The van der Waals surface area contributed by atoms with Gasteiger partial charge in [-0.25, -0.2) is 0 Å². The number of hydrogen-bond donors (Lipinski definition) is 1. The lowest BCUT2D eigenvalue weighted by Crippen LogP contribution is -2.40. The summed E-state index contributed by atoms with van der Waals surface area (Å²) in [6.45, 7) is 4.63. The highest BCUT2D eigenvalue weighted by Crippen LogP contribution is 2.17. The second kappa shape index (κ2) is 5.72. The standard InChI is InChI=1S/C11H19N3O/c1-9(7-12)8-14-5-3-10(4-6-14)11(15)13-2/h9-10H,3-6,8H2,1-2H3,(H,13,15). The molecule has 0 saturated carbocycles. The monoisotopic (exact) mass is 209 g/mol. The summed E-state index contributed by atoms with van der Waals surface area (Å²) in [5, 5.41) is 11.4. The maximum Gasteiger partial charge on any atom is 0.222 e. The number of amides is 1. The van der Waals surface area contributed by atoms with E-state index in [4.69, 9.17) is 5.26 Å². The number of piperidine rings is 1. The van der Waals surface area contributed by atoms with Crippen molar-refractivity contribution in [3.8, 4) is 6.07 Å². The van der Waals surface area contributed by atoms with Crippen molar-refractivity contribution in [1.82, 2.24) is 10.2 Å². The number of nitriles is 1. The van der Waals surface area contributed by atoms with Crippen LogP contribution in [0.15, 0.2) is 0 Å². The summed E-state index contributed by atoms with van der Waals surface area (Å²) >= 11 is 0. The van der Waals surface area contributed by atoms with Crippen molar-refractivity contribution < 1.29 is 4.79 Å². The van der Waals surface area contributed by atoms with Crippen molar-refractivity contribution in [3.63, 3.8) is 0 Å². The molecule has 1 saturated heterocycles. The van der Waals surface area contributed by atoms with E-state index >= 15 is 0 Å². The highest BCUT2D eigenvalue weighted by atomic mass is 16.1. The summed E-state index contributed by atoms with van der Waals surface area (Å²) in [5.41, 5.74) is 0. The molecule has 15 heavy (non-hydrogen) atoms. The molecule has 0 aromatic rings. The van der Waals surface area contributed by atoms with Gasteiger partial charge in [0.05, 0.1) is 12.0 Å². The maximum absolute atomic E-state index is 11.4. The molecule has 0 bridgehead atoms. The Hall–Kier alpha value is -1.08. The quantitative estimate of drug-likeness (QED) is 0.740. The van der Waals surface area contributed by atoms with Gasteiger partial charge in [-0.15, -0.1) is 0 Å². The van der Waals surface area contributed by atoms with Crippen LogP contribution in [0, 0.1) is 23.2 Å². The first-order valence-electron chi connectivity index (χ1n) is 5.51. The molecule has 1 rings (SSSR count). The summed E-state index contributed by atoms with van der Waals surface area (Å²) < 4.78 is 0. The van der Waals surface area contributed by atoms with E-state index in [1.807, 2.05) is 6.92 Å². The van der Waals surface area contributed by atoms with E-state index in [0.29, 0.717) is 0 Å². The van der Waals surface area contributed by atoms with Crippen molar-refractivity contribution >= 4 is 5.91 Å². The lowest BCUT2D eigenvalue weighted by atomic mass is 9.95. The lowest BCUT2D eigenvalue weighted by Gasteiger charge is -2.31. The van der Waals surface area contributed by atoms with E-state index in [-0.39, 0.29) is 17.7 Å². The van der Waals surface area contributed by atoms with E-state index in [1.54, 1.807) is 7.05 Å². The zero-order valence-corrected chi connectivity index (χ0v) is 9.49. The minimum Gasteiger partial charge on any atom is -0.359 e. The second-order valence-electron chi connectivity index (χ2n) is 4.22. The van der Waals surface area contributed by atoms with Crippen LogP contribution in [0.25, 0.3) is 0 Å². The van der Waals surface area contributed by atoms with Gasteiger partial charge < -0.3 is 10.2 Å². The molecule has 1 amide bonds. The summed E-state index contributed by atoms with van der Waals surface area (Å²) in [7, 11) is 1.69. The Morgan fingerprint density at radius 2 is 2.20 bits per heavy atom. The number of rotatable bonds is 3. The predicted octanol–water partition coefficient (Wildman–Crippen LogP) is 0.604. The van der Waals surface area contributed by atoms with E-state index in [0.717, 1.165) is 32.5 Å². The zero-order valence-electron chi connectivity index (χ0n) is 9.49. The Morgan fingerprint density at radius 3 is 2.67 bits per heavy atom. The van der Waals surface area contributed by atoms with Gasteiger partial charge in [-0.05, 0) is 32.9 Å².